The summed E-state index contributed by atoms with van der Waals surface area (Å²) in [4.78, 5) is 32.2. The van der Waals surface area contributed by atoms with Crippen LogP contribution in [0.2, 0.25) is 0 Å². The Labute approximate surface area is 176 Å². The molecular formula is C23H28N4O3. The second-order valence-corrected chi connectivity index (χ2v) is 7.79. The largest absolute Gasteiger partial charge is 0.336 e. The number of hydrogen-bond acceptors (Lipinski definition) is 5. The number of amides is 2. The predicted molar refractivity (Wildman–Crippen MR) is 117 cm³/mol. The minimum Gasteiger partial charge on any atom is -0.336 e. The SMILES string of the molecule is CCCN(CC(=O)Nc1ccccc1C)C(=O)c1cc(C(C)C)nc2onc(C)c12. The third-order valence-electron chi connectivity index (χ3n) is 4.99. The molecule has 7 nitrogen and oxygen atoms in total. The number of nitrogens with one attached hydrogen (secondary N) is 1. The number of benzene rings is 1. The summed E-state index contributed by atoms with van der Waals surface area (Å²) in [5, 5.41) is 7.49. The first-order valence-corrected chi connectivity index (χ1v) is 10.2. The Morgan fingerprint density at radius 3 is 2.60 bits per heavy atom. The van der Waals surface area contributed by atoms with Crippen molar-refractivity contribution in [1.82, 2.24) is 15.0 Å². The van der Waals surface area contributed by atoms with Gasteiger partial charge in [0, 0.05) is 17.9 Å². The molecule has 2 amide bonds. The molecule has 30 heavy (non-hydrogen) atoms. The van der Waals surface area contributed by atoms with Crippen LogP contribution in [0.5, 0.6) is 0 Å². The molecule has 0 fully saturated rings. The van der Waals surface area contributed by atoms with E-state index in [1.807, 2.05) is 52.0 Å². The molecule has 1 N–H and O–H groups in total. The maximum absolute atomic E-state index is 13.5. The van der Waals surface area contributed by atoms with Crippen LogP contribution in [0.25, 0.3) is 11.1 Å². The average molecular weight is 409 g/mol. The number of para-hydroxylation sites is 1. The Hall–Kier alpha value is -3.22. The summed E-state index contributed by atoms with van der Waals surface area (Å²) < 4.78 is 5.33. The topological polar surface area (TPSA) is 88.3 Å². The Kier molecular flexibility index (Phi) is 6.50. The Morgan fingerprint density at radius 1 is 1.20 bits per heavy atom. The second-order valence-electron chi connectivity index (χ2n) is 7.79. The number of fused-ring (bicyclic) bond motifs is 1. The lowest BCUT2D eigenvalue weighted by atomic mass is 10.0. The highest BCUT2D eigenvalue weighted by molar-refractivity contribution is 6.07. The summed E-state index contributed by atoms with van der Waals surface area (Å²) in [6.45, 7) is 10.1. The summed E-state index contributed by atoms with van der Waals surface area (Å²) >= 11 is 0. The van der Waals surface area contributed by atoms with Crippen molar-refractivity contribution in [3.8, 4) is 0 Å². The molecule has 0 aliphatic rings. The van der Waals surface area contributed by atoms with Crippen molar-refractivity contribution < 1.29 is 14.1 Å². The molecule has 3 aromatic rings. The predicted octanol–water partition coefficient (Wildman–Crippen LogP) is 4.45. The Bertz CT molecular complexity index is 1070. The van der Waals surface area contributed by atoms with Crippen LogP contribution >= 0.6 is 0 Å². The summed E-state index contributed by atoms with van der Waals surface area (Å²) in [7, 11) is 0. The van der Waals surface area contributed by atoms with E-state index >= 15 is 0 Å². The number of aryl methyl sites for hydroxylation is 2. The Balaban J connectivity index is 1.91. The monoisotopic (exact) mass is 408 g/mol. The molecule has 0 saturated carbocycles. The molecule has 0 saturated heterocycles. The standard InChI is InChI=1S/C23H28N4O3/c1-6-11-27(13-20(28)24-18-10-8-7-9-15(18)4)23(29)17-12-19(14(2)3)25-22-21(17)16(5)26-30-22/h7-10,12,14H,6,11,13H2,1-5H3,(H,24,28). The van der Waals surface area contributed by atoms with Crippen molar-refractivity contribution >= 4 is 28.6 Å². The summed E-state index contributed by atoms with van der Waals surface area (Å²) in [5.74, 6) is -0.338. The number of aromatic nitrogens is 2. The highest BCUT2D eigenvalue weighted by Gasteiger charge is 2.25. The van der Waals surface area contributed by atoms with Gasteiger partial charge in [-0.3, -0.25) is 9.59 Å². The summed E-state index contributed by atoms with van der Waals surface area (Å²) in [5.41, 5.74) is 3.90. The van der Waals surface area contributed by atoms with Gasteiger partial charge in [0.15, 0.2) is 0 Å². The molecule has 0 radical (unpaired) electrons. The fourth-order valence-electron chi connectivity index (χ4n) is 3.35. The van der Waals surface area contributed by atoms with Crippen molar-refractivity contribution in [3.05, 3.63) is 52.8 Å². The van der Waals surface area contributed by atoms with Gasteiger partial charge in [-0.2, -0.15) is 0 Å². The molecule has 0 unspecified atom stereocenters. The zero-order valence-electron chi connectivity index (χ0n) is 18.2. The van der Waals surface area contributed by atoms with Gasteiger partial charge in [0.1, 0.15) is 6.54 Å². The smallest absolute Gasteiger partial charge is 0.259 e. The molecule has 7 heteroatoms. The molecule has 0 bridgehead atoms. The molecule has 1 aromatic carbocycles. The zero-order valence-corrected chi connectivity index (χ0v) is 18.2. The van der Waals surface area contributed by atoms with Crippen molar-refractivity contribution in [1.29, 1.82) is 0 Å². The maximum atomic E-state index is 13.5. The first-order valence-electron chi connectivity index (χ1n) is 10.2. The highest BCUT2D eigenvalue weighted by atomic mass is 16.5. The lowest BCUT2D eigenvalue weighted by Gasteiger charge is -2.22. The van der Waals surface area contributed by atoms with Crippen LogP contribution in [0.1, 0.15) is 60.4 Å². The lowest BCUT2D eigenvalue weighted by Crippen LogP contribution is -2.38. The van der Waals surface area contributed by atoms with Crippen LogP contribution in [0.3, 0.4) is 0 Å². The van der Waals surface area contributed by atoms with E-state index in [2.05, 4.69) is 15.5 Å². The van der Waals surface area contributed by atoms with E-state index in [9.17, 15) is 9.59 Å². The van der Waals surface area contributed by atoms with Crippen molar-refractivity contribution in [2.45, 2.75) is 47.0 Å². The van der Waals surface area contributed by atoms with Gasteiger partial charge in [0.25, 0.3) is 11.6 Å². The number of carbonyl (C=O) groups is 2. The number of hydrogen-bond donors (Lipinski definition) is 1. The zero-order chi connectivity index (χ0) is 21.8. The van der Waals surface area contributed by atoms with Gasteiger partial charge < -0.3 is 14.7 Å². The normalized spacial score (nSPS) is 11.1. The summed E-state index contributed by atoms with van der Waals surface area (Å²) in [6, 6.07) is 9.36. The van der Waals surface area contributed by atoms with Crippen LogP contribution in [0.4, 0.5) is 5.69 Å². The van der Waals surface area contributed by atoms with Crippen molar-refractivity contribution in [2.75, 3.05) is 18.4 Å². The van der Waals surface area contributed by atoms with Gasteiger partial charge in [-0.15, -0.1) is 0 Å². The van der Waals surface area contributed by atoms with Crippen LogP contribution in [-0.2, 0) is 4.79 Å². The maximum Gasteiger partial charge on any atom is 0.259 e. The van der Waals surface area contributed by atoms with E-state index in [1.165, 1.54) is 0 Å². The highest BCUT2D eigenvalue weighted by Crippen LogP contribution is 2.26. The molecular weight excluding hydrogens is 380 g/mol. The van der Waals surface area contributed by atoms with Gasteiger partial charge in [0.05, 0.1) is 16.6 Å². The lowest BCUT2D eigenvalue weighted by molar-refractivity contribution is -0.116. The molecule has 2 aromatic heterocycles. The van der Waals surface area contributed by atoms with E-state index in [1.54, 1.807) is 17.9 Å². The Morgan fingerprint density at radius 2 is 1.93 bits per heavy atom. The molecule has 2 heterocycles. The first-order chi connectivity index (χ1) is 14.3. The third-order valence-corrected chi connectivity index (χ3v) is 4.99. The van der Waals surface area contributed by atoms with Gasteiger partial charge in [0.2, 0.25) is 5.91 Å². The number of rotatable bonds is 7. The summed E-state index contributed by atoms with van der Waals surface area (Å²) in [6.07, 6.45) is 0.733. The van der Waals surface area contributed by atoms with Crippen LogP contribution in [0.15, 0.2) is 34.9 Å². The fourth-order valence-corrected chi connectivity index (χ4v) is 3.35. The first kappa shape index (κ1) is 21.5. The number of nitrogens with zero attached hydrogens (tertiary/aromatic N) is 3. The van der Waals surface area contributed by atoms with E-state index in [0.29, 0.717) is 28.9 Å². The minimum absolute atomic E-state index is 0.0356. The fraction of sp³-hybridized carbons (Fsp3) is 0.391. The van der Waals surface area contributed by atoms with Gasteiger partial charge >= 0.3 is 0 Å². The van der Waals surface area contributed by atoms with Crippen molar-refractivity contribution in [2.24, 2.45) is 0 Å². The number of pyridine rings is 1. The quantitative estimate of drug-likeness (QED) is 0.624. The van der Waals surface area contributed by atoms with E-state index in [-0.39, 0.29) is 24.3 Å². The van der Waals surface area contributed by atoms with E-state index in [4.69, 9.17) is 4.52 Å². The van der Waals surface area contributed by atoms with Crippen molar-refractivity contribution in [3.63, 3.8) is 0 Å². The number of anilines is 1. The van der Waals surface area contributed by atoms with Crippen LogP contribution < -0.4 is 5.32 Å². The molecule has 0 aliphatic heterocycles. The molecule has 0 aliphatic carbocycles. The van der Waals surface area contributed by atoms with Gasteiger partial charge in [-0.25, -0.2) is 4.98 Å². The number of carbonyl (C=O) groups excluding carboxylic acids is 2. The molecule has 0 atom stereocenters. The van der Waals surface area contributed by atoms with E-state index in [0.717, 1.165) is 23.4 Å². The minimum atomic E-state index is -0.234. The molecule has 3 rings (SSSR count). The van der Waals surface area contributed by atoms with Crippen LogP contribution in [0, 0.1) is 13.8 Å². The molecule has 0 spiro atoms. The van der Waals surface area contributed by atoms with Gasteiger partial charge in [-0.1, -0.05) is 44.1 Å². The second kappa shape index (κ2) is 9.07. The van der Waals surface area contributed by atoms with E-state index < -0.39 is 0 Å². The average Bonchev–Trinajstić information content (AvgIpc) is 3.09. The third kappa shape index (κ3) is 4.50. The molecule has 158 valence electrons. The van der Waals surface area contributed by atoms with Gasteiger partial charge in [-0.05, 0) is 43.9 Å². The van der Waals surface area contributed by atoms with Crippen LogP contribution in [-0.4, -0.2) is 39.9 Å².